The first kappa shape index (κ1) is 14.9. The van der Waals surface area contributed by atoms with Gasteiger partial charge in [0, 0.05) is 18.7 Å². The Bertz CT molecular complexity index is 748. The third kappa shape index (κ3) is 3.34. The zero-order chi connectivity index (χ0) is 15.4. The number of nitro benzene ring substituents is 1. The minimum atomic E-state index is -0.507. The molecule has 1 aromatic carbocycles. The summed E-state index contributed by atoms with van der Waals surface area (Å²) in [5.74, 6) is -0.124. The number of rotatable bonds is 5. The highest BCUT2D eigenvalue weighted by Crippen LogP contribution is 2.22. The average Bonchev–Trinajstić information content (AvgIpc) is 2.73. The van der Waals surface area contributed by atoms with Crippen LogP contribution in [0.15, 0.2) is 34.1 Å². The van der Waals surface area contributed by atoms with E-state index < -0.39 is 4.92 Å². The van der Waals surface area contributed by atoms with Crippen molar-refractivity contribution in [3.8, 4) is 5.88 Å². The molecule has 7 nitrogen and oxygen atoms in total. The van der Waals surface area contributed by atoms with E-state index in [-0.39, 0.29) is 16.4 Å². The second-order valence-corrected chi connectivity index (χ2v) is 5.24. The van der Waals surface area contributed by atoms with Gasteiger partial charge >= 0.3 is 4.87 Å². The average molecular weight is 307 g/mol. The molecule has 0 aliphatic heterocycles. The summed E-state index contributed by atoms with van der Waals surface area (Å²) in [6.45, 7) is 2.34. The highest BCUT2D eigenvalue weighted by molar-refractivity contribution is 7.11. The number of nitrogens with zero attached hydrogens (tertiary/aromatic N) is 3. The molecule has 0 unspecified atom stereocenters. The standard InChI is InChI=1S/C13H13N3O4S/c1-2-6-15-12(17)11(21-13(15)18)8-14-9-4-3-5-10(7-9)16(19)20/h3-5,7-8,17H,2,6H2,1H3. The number of aliphatic imine (C=N–C) groups is 1. The Kier molecular flexibility index (Phi) is 4.49. The van der Waals surface area contributed by atoms with Gasteiger partial charge in [-0.25, -0.2) is 0 Å². The molecule has 0 amide bonds. The predicted octanol–water partition coefficient (Wildman–Crippen LogP) is 2.68. The molecule has 1 N–H and O–H groups in total. The fourth-order valence-corrected chi connectivity index (χ4v) is 2.52. The van der Waals surface area contributed by atoms with Crippen molar-refractivity contribution in [2.24, 2.45) is 4.99 Å². The molecule has 0 saturated carbocycles. The first-order chi connectivity index (χ1) is 10.0. The van der Waals surface area contributed by atoms with Gasteiger partial charge in [0.25, 0.3) is 5.69 Å². The van der Waals surface area contributed by atoms with Crippen LogP contribution in [-0.4, -0.2) is 20.8 Å². The second kappa shape index (κ2) is 6.31. The topological polar surface area (TPSA) is 97.7 Å². The van der Waals surface area contributed by atoms with Gasteiger partial charge in [-0.3, -0.25) is 24.5 Å². The Hall–Kier alpha value is -2.48. The fourth-order valence-electron chi connectivity index (χ4n) is 1.74. The van der Waals surface area contributed by atoms with Gasteiger partial charge in [0.1, 0.15) is 4.88 Å². The number of hydrogen-bond acceptors (Lipinski definition) is 6. The summed E-state index contributed by atoms with van der Waals surface area (Å²) < 4.78 is 1.28. The summed E-state index contributed by atoms with van der Waals surface area (Å²) in [7, 11) is 0. The van der Waals surface area contributed by atoms with E-state index in [0.29, 0.717) is 17.1 Å². The Morgan fingerprint density at radius 3 is 2.95 bits per heavy atom. The maximum atomic E-state index is 11.7. The number of hydrogen-bond donors (Lipinski definition) is 1. The molecule has 2 rings (SSSR count). The van der Waals surface area contributed by atoms with Crippen LogP contribution in [0.1, 0.15) is 18.2 Å². The van der Waals surface area contributed by atoms with Gasteiger partial charge in [-0.05, 0) is 12.5 Å². The van der Waals surface area contributed by atoms with Crippen molar-refractivity contribution >= 4 is 28.9 Å². The molecule has 2 aromatic rings. The quantitative estimate of drug-likeness (QED) is 0.521. The van der Waals surface area contributed by atoms with E-state index in [1.807, 2.05) is 6.92 Å². The van der Waals surface area contributed by atoms with Crippen molar-refractivity contribution in [2.45, 2.75) is 19.9 Å². The maximum Gasteiger partial charge on any atom is 0.310 e. The molecule has 0 atom stereocenters. The Morgan fingerprint density at radius 2 is 2.29 bits per heavy atom. The van der Waals surface area contributed by atoms with Crippen molar-refractivity contribution < 1.29 is 10.0 Å². The number of aromatic nitrogens is 1. The van der Waals surface area contributed by atoms with Gasteiger partial charge in [-0.1, -0.05) is 24.3 Å². The number of benzene rings is 1. The van der Waals surface area contributed by atoms with E-state index >= 15 is 0 Å². The van der Waals surface area contributed by atoms with Crippen LogP contribution in [0, 0.1) is 10.1 Å². The number of non-ortho nitro benzene ring substituents is 1. The highest BCUT2D eigenvalue weighted by Gasteiger charge is 2.11. The summed E-state index contributed by atoms with van der Waals surface area (Å²) in [5.41, 5.74) is 0.317. The molecule has 1 heterocycles. The van der Waals surface area contributed by atoms with Crippen LogP contribution in [0.5, 0.6) is 5.88 Å². The Labute approximate surface area is 124 Å². The monoisotopic (exact) mass is 307 g/mol. The lowest BCUT2D eigenvalue weighted by molar-refractivity contribution is -0.384. The van der Waals surface area contributed by atoms with Gasteiger partial charge in [0.2, 0.25) is 5.88 Å². The molecule has 0 aliphatic carbocycles. The third-order valence-electron chi connectivity index (χ3n) is 2.71. The first-order valence-corrected chi connectivity index (χ1v) is 7.05. The fraction of sp³-hybridized carbons (Fsp3) is 0.231. The normalized spacial score (nSPS) is 11.1. The highest BCUT2D eigenvalue weighted by atomic mass is 32.1. The number of aromatic hydroxyl groups is 1. The van der Waals surface area contributed by atoms with E-state index in [1.165, 1.54) is 29.0 Å². The largest absolute Gasteiger partial charge is 0.493 e. The zero-order valence-corrected chi connectivity index (χ0v) is 12.0. The van der Waals surface area contributed by atoms with Crippen LogP contribution in [0.4, 0.5) is 11.4 Å². The van der Waals surface area contributed by atoms with Gasteiger partial charge in [-0.15, -0.1) is 0 Å². The molecular weight excluding hydrogens is 294 g/mol. The van der Waals surface area contributed by atoms with Gasteiger partial charge in [0.05, 0.1) is 16.8 Å². The van der Waals surface area contributed by atoms with Gasteiger partial charge in [-0.2, -0.15) is 0 Å². The molecule has 0 spiro atoms. The van der Waals surface area contributed by atoms with Crippen molar-refractivity contribution in [3.05, 3.63) is 48.9 Å². The molecule has 0 fully saturated rings. The van der Waals surface area contributed by atoms with Crippen LogP contribution >= 0.6 is 11.3 Å². The second-order valence-electron chi connectivity index (χ2n) is 4.24. The molecule has 21 heavy (non-hydrogen) atoms. The lowest BCUT2D eigenvalue weighted by Crippen LogP contribution is -2.11. The van der Waals surface area contributed by atoms with Crippen molar-refractivity contribution in [1.82, 2.24) is 4.57 Å². The predicted molar refractivity (Wildman–Crippen MR) is 80.9 cm³/mol. The van der Waals surface area contributed by atoms with E-state index in [4.69, 9.17) is 0 Å². The maximum absolute atomic E-state index is 11.7. The van der Waals surface area contributed by atoms with Crippen LogP contribution in [0.3, 0.4) is 0 Å². The van der Waals surface area contributed by atoms with Crippen LogP contribution < -0.4 is 4.87 Å². The molecule has 0 saturated heterocycles. The van der Waals surface area contributed by atoms with Gasteiger partial charge < -0.3 is 5.11 Å². The number of thiazole rings is 1. The zero-order valence-electron chi connectivity index (χ0n) is 11.2. The molecule has 110 valence electrons. The van der Waals surface area contributed by atoms with Gasteiger partial charge in [0.15, 0.2) is 0 Å². The summed E-state index contributed by atoms with van der Waals surface area (Å²) >= 11 is 0.885. The van der Waals surface area contributed by atoms with Crippen molar-refractivity contribution in [3.63, 3.8) is 0 Å². The molecule has 0 radical (unpaired) electrons. The first-order valence-electron chi connectivity index (χ1n) is 6.24. The molecule has 0 bridgehead atoms. The molecule has 1 aromatic heterocycles. The van der Waals surface area contributed by atoms with E-state index in [2.05, 4.69) is 4.99 Å². The van der Waals surface area contributed by atoms with Crippen LogP contribution in [0.2, 0.25) is 0 Å². The summed E-state index contributed by atoms with van der Waals surface area (Å²) in [4.78, 5) is 26.0. The SMILES string of the molecule is CCCn1c(O)c(C=Nc2cccc([N+](=O)[O-])c2)sc1=O. The number of nitro groups is 1. The summed E-state index contributed by atoms with van der Waals surface area (Å²) in [5, 5.41) is 20.6. The summed E-state index contributed by atoms with van der Waals surface area (Å²) in [6, 6.07) is 5.81. The lowest BCUT2D eigenvalue weighted by atomic mass is 10.3. The third-order valence-corrected chi connectivity index (χ3v) is 3.62. The van der Waals surface area contributed by atoms with Crippen molar-refractivity contribution in [1.29, 1.82) is 0 Å². The molecule has 0 aliphatic rings. The minimum absolute atomic E-state index is 0.0642. The van der Waals surface area contributed by atoms with Crippen LogP contribution in [-0.2, 0) is 6.54 Å². The van der Waals surface area contributed by atoms with Crippen molar-refractivity contribution in [2.75, 3.05) is 0 Å². The van der Waals surface area contributed by atoms with Crippen LogP contribution in [0.25, 0.3) is 0 Å². The lowest BCUT2D eigenvalue weighted by Gasteiger charge is -1.99. The van der Waals surface area contributed by atoms with E-state index in [0.717, 1.165) is 17.8 Å². The smallest absolute Gasteiger partial charge is 0.310 e. The minimum Gasteiger partial charge on any atom is -0.493 e. The Morgan fingerprint density at radius 1 is 1.52 bits per heavy atom. The molecule has 8 heteroatoms. The Balaban J connectivity index is 2.30. The summed E-state index contributed by atoms with van der Waals surface area (Å²) in [6.07, 6.45) is 2.07. The van der Waals surface area contributed by atoms with E-state index in [9.17, 15) is 20.0 Å². The molecular formula is C13H13N3O4S. The van der Waals surface area contributed by atoms with E-state index in [1.54, 1.807) is 6.07 Å².